The lowest BCUT2D eigenvalue weighted by atomic mass is 9.93. The topological polar surface area (TPSA) is 88.9 Å². The van der Waals surface area contributed by atoms with Crippen LogP contribution in [0.15, 0.2) is 60.0 Å². The van der Waals surface area contributed by atoms with E-state index >= 15 is 0 Å². The molecule has 1 fully saturated rings. The largest absolute Gasteiger partial charge is 0.475 e. The number of anilines is 1. The molecule has 1 saturated heterocycles. The highest BCUT2D eigenvalue weighted by Crippen LogP contribution is 2.26. The van der Waals surface area contributed by atoms with Gasteiger partial charge >= 0.3 is 0 Å². The van der Waals surface area contributed by atoms with Gasteiger partial charge < -0.3 is 14.8 Å². The number of ether oxygens (including phenoxy) is 2. The number of nitrogens with zero attached hydrogens (tertiary/aromatic N) is 4. The van der Waals surface area contributed by atoms with E-state index in [1.165, 1.54) is 0 Å². The monoisotopic (exact) mass is 485 g/mol. The molecule has 4 heterocycles. The van der Waals surface area contributed by atoms with Crippen LogP contribution in [-0.2, 0) is 22.5 Å². The fraction of sp³-hybridized carbons (Fsp3) is 0.357. The Morgan fingerprint density at radius 3 is 2.72 bits per heavy atom. The first kappa shape index (κ1) is 24.1. The zero-order valence-corrected chi connectivity index (χ0v) is 20.7. The number of hydrogen-bond donors (Lipinski definition) is 1. The number of carbonyl (C=O) groups is 1. The zero-order valence-electron chi connectivity index (χ0n) is 20.7. The summed E-state index contributed by atoms with van der Waals surface area (Å²) in [4.78, 5) is 28.9. The van der Waals surface area contributed by atoms with Crippen LogP contribution < -0.4 is 10.1 Å². The van der Waals surface area contributed by atoms with Crippen LogP contribution in [0.3, 0.4) is 0 Å². The number of rotatable bonds is 7. The van der Waals surface area contributed by atoms with Gasteiger partial charge in [0.05, 0.1) is 31.2 Å². The van der Waals surface area contributed by atoms with Crippen molar-refractivity contribution in [1.29, 1.82) is 0 Å². The van der Waals surface area contributed by atoms with E-state index in [0.717, 1.165) is 67.1 Å². The molecule has 36 heavy (non-hydrogen) atoms. The highest BCUT2D eigenvalue weighted by molar-refractivity contribution is 6.49. The average Bonchev–Trinajstić information content (AvgIpc) is 2.89. The zero-order chi connectivity index (χ0) is 24.9. The van der Waals surface area contributed by atoms with Gasteiger partial charge in [0.2, 0.25) is 5.88 Å². The summed E-state index contributed by atoms with van der Waals surface area (Å²) >= 11 is 0. The summed E-state index contributed by atoms with van der Waals surface area (Å²) in [7, 11) is 0. The fourth-order valence-electron chi connectivity index (χ4n) is 4.47. The van der Waals surface area contributed by atoms with Crippen molar-refractivity contribution in [2.24, 2.45) is 4.99 Å². The van der Waals surface area contributed by atoms with Gasteiger partial charge in [-0.2, -0.15) is 0 Å². The van der Waals surface area contributed by atoms with Crippen LogP contribution in [0.25, 0.3) is 11.1 Å². The molecule has 0 unspecified atom stereocenters. The van der Waals surface area contributed by atoms with Crippen LogP contribution in [0.4, 0.5) is 5.69 Å². The fourth-order valence-corrected chi connectivity index (χ4v) is 4.47. The lowest BCUT2D eigenvalue weighted by molar-refractivity contribution is -0.110. The number of amides is 1. The summed E-state index contributed by atoms with van der Waals surface area (Å²) in [5, 5.41) is 2.93. The third-order valence-electron chi connectivity index (χ3n) is 6.22. The minimum absolute atomic E-state index is 0.0375. The van der Waals surface area contributed by atoms with Crippen LogP contribution in [-0.4, -0.2) is 65.4 Å². The normalized spacial score (nSPS) is 15.8. The molecular formula is C28H31N5O3. The van der Waals surface area contributed by atoms with Crippen LogP contribution >= 0.6 is 0 Å². The number of fused-ring (bicyclic) bond motifs is 1. The van der Waals surface area contributed by atoms with E-state index in [1.807, 2.05) is 26.2 Å². The molecule has 0 spiro atoms. The lowest BCUT2D eigenvalue weighted by Crippen LogP contribution is -2.35. The van der Waals surface area contributed by atoms with Gasteiger partial charge in [-0.05, 0) is 55.2 Å². The number of pyridine rings is 2. The summed E-state index contributed by atoms with van der Waals surface area (Å²) in [6.45, 7) is 8.73. The lowest BCUT2D eigenvalue weighted by Gasteiger charge is -2.26. The van der Waals surface area contributed by atoms with Crippen LogP contribution in [0, 0.1) is 0 Å². The van der Waals surface area contributed by atoms with Gasteiger partial charge in [-0.15, -0.1) is 0 Å². The quantitative estimate of drug-likeness (QED) is 0.548. The molecule has 8 heteroatoms. The maximum absolute atomic E-state index is 13.2. The van der Waals surface area contributed by atoms with Gasteiger partial charge in [-0.25, -0.2) is 4.98 Å². The molecule has 0 saturated carbocycles. The molecule has 0 bridgehead atoms. The first-order valence-corrected chi connectivity index (χ1v) is 12.4. The highest BCUT2D eigenvalue weighted by atomic mass is 16.5. The van der Waals surface area contributed by atoms with Gasteiger partial charge in [-0.1, -0.05) is 12.1 Å². The second-order valence-electron chi connectivity index (χ2n) is 9.33. The number of carbonyl (C=O) groups excluding carboxylic acids is 1. The molecule has 1 amide bonds. The number of hydrogen-bond acceptors (Lipinski definition) is 7. The number of aliphatic imine (C=N–C) groups is 1. The van der Waals surface area contributed by atoms with E-state index in [2.05, 4.69) is 49.4 Å². The summed E-state index contributed by atoms with van der Waals surface area (Å²) in [5.74, 6) is 0.282. The molecule has 0 radical (unpaired) electrons. The molecule has 1 N–H and O–H groups in total. The van der Waals surface area contributed by atoms with E-state index in [1.54, 1.807) is 18.3 Å². The van der Waals surface area contributed by atoms with Crippen molar-refractivity contribution in [3.05, 3.63) is 71.7 Å². The van der Waals surface area contributed by atoms with Crippen molar-refractivity contribution in [1.82, 2.24) is 14.9 Å². The Labute approximate surface area is 211 Å². The molecule has 0 aliphatic carbocycles. The Kier molecular flexibility index (Phi) is 7.34. The Morgan fingerprint density at radius 1 is 1.08 bits per heavy atom. The minimum atomic E-state index is -0.244. The third kappa shape index (κ3) is 5.78. The van der Waals surface area contributed by atoms with Gasteiger partial charge in [-0.3, -0.25) is 19.7 Å². The van der Waals surface area contributed by atoms with Crippen molar-refractivity contribution in [2.75, 3.05) is 38.2 Å². The molecule has 3 aromatic rings. The van der Waals surface area contributed by atoms with Crippen molar-refractivity contribution < 1.29 is 14.3 Å². The molecule has 8 nitrogen and oxygen atoms in total. The van der Waals surface area contributed by atoms with Crippen molar-refractivity contribution in [2.45, 2.75) is 32.9 Å². The van der Waals surface area contributed by atoms with E-state index in [4.69, 9.17) is 9.47 Å². The van der Waals surface area contributed by atoms with E-state index < -0.39 is 0 Å². The Balaban J connectivity index is 1.34. The van der Waals surface area contributed by atoms with E-state index in [-0.39, 0.29) is 12.0 Å². The SMILES string of the molecule is CC(C)Oc1ccc(NC(=O)C2=NCCc3ccc(-c4cncc(CN5CCOCC5)c4)cc32)cn1. The van der Waals surface area contributed by atoms with Gasteiger partial charge in [0.15, 0.2) is 0 Å². The van der Waals surface area contributed by atoms with Gasteiger partial charge in [0, 0.05) is 55.8 Å². The molecule has 2 aliphatic rings. The first-order valence-electron chi connectivity index (χ1n) is 12.4. The van der Waals surface area contributed by atoms with Gasteiger partial charge in [0.25, 0.3) is 5.91 Å². The highest BCUT2D eigenvalue weighted by Gasteiger charge is 2.22. The standard InChI is InChI=1S/C28H31N5O3/c1-19(2)36-26-6-5-24(17-31-26)32-28(34)27-25-14-22(4-3-21(25)7-8-30-27)23-13-20(15-29-16-23)18-33-9-11-35-12-10-33/h3-6,13-17,19H,7-12,18H2,1-2H3,(H,32,34). The maximum atomic E-state index is 13.2. The average molecular weight is 486 g/mol. The van der Waals surface area contributed by atoms with Crippen molar-refractivity contribution >= 4 is 17.3 Å². The maximum Gasteiger partial charge on any atom is 0.274 e. The van der Waals surface area contributed by atoms with Crippen LogP contribution in [0.2, 0.25) is 0 Å². The van der Waals surface area contributed by atoms with Crippen molar-refractivity contribution in [3.8, 4) is 17.0 Å². The third-order valence-corrected chi connectivity index (χ3v) is 6.22. The number of benzene rings is 1. The number of morpholine rings is 1. The molecule has 5 rings (SSSR count). The molecule has 2 aromatic heterocycles. The molecular weight excluding hydrogens is 454 g/mol. The van der Waals surface area contributed by atoms with Crippen LogP contribution in [0.1, 0.15) is 30.5 Å². The summed E-state index contributed by atoms with van der Waals surface area (Å²) in [6.07, 6.45) is 6.24. The summed E-state index contributed by atoms with van der Waals surface area (Å²) < 4.78 is 11.0. The predicted octanol–water partition coefficient (Wildman–Crippen LogP) is 3.75. The molecule has 0 atom stereocenters. The van der Waals surface area contributed by atoms with E-state index in [0.29, 0.717) is 23.8 Å². The van der Waals surface area contributed by atoms with Crippen molar-refractivity contribution in [3.63, 3.8) is 0 Å². The number of nitrogens with one attached hydrogen (secondary N) is 1. The van der Waals surface area contributed by atoms with Crippen LogP contribution in [0.5, 0.6) is 5.88 Å². The first-order chi connectivity index (χ1) is 17.5. The second-order valence-corrected chi connectivity index (χ2v) is 9.33. The van der Waals surface area contributed by atoms with Gasteiger partial charge in [0.1, 0.15) is 5.71 Å². The molecule has 2 aliphatic heterocycles. The Morgan fingerprint density at radius 2 is 1.94 bits per heavy atom. The molecule has 1 aromatic carbocycles. The second kappa shape index (κ2) is 11.0. The van der Waals surface area contributed by atoms with E-state index in [9.17, 15) is 4.79 Å². The number of aromatic nitrogens is 2. The minimum Gasteiger partial charge on any atom is -0.475 e. The summed E-state index contributed by atoms with van der Waals surface area (Å²) in [6, 6.07) is 12.0. The Hall–Kier alpha value is -3.62. The predicted molar refractivity (Wildman–Crippen MR) is 140 cm³/mol. The summed E-state index contributed by atoms with van der Waals surface area (Å²) in [5.41, 5.74) is 6.23. The Bertz CT molecular complexity index is 1250. The smallest absolute Gasteiger partial charge is 0.274 e. The molecule has 186 valence electrons.